The van der Waals surface area contributed by atoms with Crippen molar-refractivity contribution >= 4 is 17.6 Å². The summed E-state index contributed by atoms with van der Waals surface area (Å²) in [6.07, 6.45) is 1.76. The van der Waals surface area contributed by atoms with Gasteiger partial charge >= 0.3 is 5.97 Å². The van der Waals surface area contributed by atoms with E-state index < -0.39 is 12.6 Å². The van der Waals surface area contributed by atoms with Crippen LogP contribution < -0.4 is 9.64 Å². The number of carboxylic acids is 1. The van der Waals surface area contributed by atoms with Gasteiger partial charge in [0.1, 0.15) is 0 Å². The van der Waals surface area contributed by atoms with Crippen LogP contribution >= 0.6 is 0 Å². The highest BCUT2D eigenvalue weighted by Crippen LogP contribution is 2.26. The van der Waals surface area contributed by atoms with Gasteiger partial charge in [-0.15, -0.1) is 6.58 Å². The Labute approximate surface area is 141 Å². The zero-order chi connectivity index (χ0) is 17.5. The molecule has 6 heteroatoms. The predicted molar refractivity (Wildman–Crippen MR) is 92.9 cm³/mol. The van der Waals surface area contributed by atoms with Crippen molar-refractivity contribution in [2.45, 2.75) is 19.8 Å². The minimum atomic E-state index is -1.05. The van der Waals surface area contributed by atoms with Gasteiger partial charge < -0.3 is 14.7 Å². The molecule has 0 amide bonds. The first-order chi connectivity index (χ1) is 11.5. The lowest BCUT2D eigenvalue weighted by atomic mass is 10.1. The third-order valence-electron chi connectivity index (χ3n) is 3.27. The van der Waals surface area contributed by atoms with Gasteiger partial charge in [-0.05, 0) is 18.1 Å². The predicted octanol–water partition coefficient (Wildman–Crippen LogP) is 3.39. The van der Waals surface area contributed by atoms with Crippen molar-refractivity contribution in [3.8, 4) is 5.88 Å². The van der Waals surface area contributed by atoms with Gasteiger partial charge in [-0.25, -0.2) is 9.78 Å². The lowest BCUT2D eigenvalue weighted by molar-refractivity contribution is -0.139. The maximum absolute atomic E-state index is 10.7. The summed E-state index contributed by atoms with van der Waals surface area (Å²) >= 11 is 0. The van der Waals surface area contributed by atoms with E-state index in [1.807, 2.05) is 49.1 Å². The Balaban J connectivity index is 2.44. The zero-order valence-corrected chi connectivity index (χ0v) is 13.8. The molecule has 1 heterocycles. The second-order valence-corrected chi connectivity index (χ2v) is 5.50. The normalized spacial score (nSPS) is 10.5. The fraction of sp³-hybridized carbons (Fsp3) is 0.278. The molecule has 0 fully saturated rings. The molecular formula is C18H21N3O3. The second-order valence-electron chi connectivity index (χ2n) is 5.50. The van der Waals surface area contributed by atoms with E-state index in [9.17, 15) is 4.79 Å². The summed E-state index contributed by atoms with van der Waals surface area (Å²) in [7, 11) is 0. The summed E-state index contributed by atoms with van der Waals surface area (Å²) in [5.74, 6) is -0.198. The van der Waals surface area contributed by atoms with E-state index in [2.05, 4.69) is 16.5 Å². The number of hydrogen-bond donors (Lipinski definition) is 1. The number of para-hydroxylation sites is 1. The number of ether oxygens (including phenoxy) is 1. The maximum Gasteiger partial charge on any atom is 0.341 e. The second kappa shape index (κ2) is 8.10. The van der Waals surface area contributed by atoms with Gasteiger partial charge in [0.15, 0.2) is 6.61 Å². The van der Waals surface area contributed by atoms with E-state index in [-0.39, 0.29) is 11.8 Å². The minimum Gasteiger partial charge on any atom is -0.479 e. The van der Waals surface area contributed by atoms with Crippen molar-refractivity contribution in [2.24, 2.45) is 0 Å². The highest BCUT2D eigenvalue weighted by atomic mass is 16.5. The van der Waals surface area contributed by atoms with Crippen LogP contribution in [0.4, 0.5) is 11.6 Å². The van der Waals surface area contributed by atoms with Crippen molar-refractivity contribution in [1.29, 1.82) is 0 Å². The summed E-state index contributed by atoms with van der Waals surface area (Å²) < 4.78 is 5.26. The molecule has 2 aromatic rings. The molecule has 2 rings (SSSR count). The molecule has 1 N–H and O–H groups in total. The molecule has 0 spiro atoms. The Kier molecular flexibility index (Phi) is 5.89. The monoisotopic (exact) mass is 327 g/mol. The van der Waals surface area contributed by atoms with Gasteiger partial charge in [-0.1, -0.05) is 38.1 Å². The molecule has 0 atom stereocenters. The van der Waals surface area contributed by atoms with Crippen LogP contribution in [0.2, 0.25) is 0 Å². The number of benzene rings is 1. The van der Waals surface area contributed by atoms with E-state index >= 15 is 0 Å². The summed E-state index contributed by atoms with van der Waals surface area (Å²) in [5.41, 5.74) is 1.70. The molecule has 6 nitrogen and oxygen atoms in total. The molecule has 1 aromatic carbocycles. The number of hydrogen-bond acceptors (Lipinski definition) is 5. The van der Waals surface area contributed by atoms with E-state index in [4.69, 9.17) is 9.84 Å². The first-order valence-electron chi connectivity index (χ1n) is 7.68. The molecule has 0 bridgehead atoms. The quantitative estimate of drug-likeness (QED) is 0.749. The highest BCUT2D eigenvalue weighted by molar-refractivity contribution is 5.68. The molecular weight excluding hydrogens is 306 g/mol. The Morgan fingerprint density at radius 1 is 1.33 bits per heavy atom. The summed E-state index contributed by atoms with van der Waals surface area (Å²) in [5, 5.41) is 8.80. The molecule has 24 heavy (non-hydrogen) atoms. The maximum atomic E-state index is 10.7. The Bertz CT molecular complexity index is 702. The SMILES string of the molecule is C=CCN(c1ccccc1)c1nc(OCC(=O)O)cc(C(C)C)n1. The zero-order valence-electron chi connectivity index (χ0n) is 13.8. The van der Waals surface area contributed by atoms with Crippen molar-refractivity contribution in [3.05, 3.63) is 54.7 Å². The number of carbonyl (C=O) groups is 1. The van der Waals surface area contributed by atoms with Crippen LogP contribution in [0, 0.1) is 0 Å². The van der Waals surface area contributed by atoms with Crippen LogP contribution in [0.1, 0.15) is 25.5 Å². The van der Waals surface area contributed by atoms with Gasteiger partial charge in [0.25, 0.3) is 0 Å². The number of rotatable bonds is 8. The minimum absolute atomic E-state index is 0.153. The number of anilines is 2. The van der Waals surface area contributed by atoms with Gasteiger partial charge in [0.2, 0.25) is 11.8 Å². The van der Waals surface area contributed by atoms with Gasteiger partial charge in [-0.3, -0.25) is 0 Å². The number of aromatic nitrogens is 2. The molecule has 0 radical (unpaired) electrons. The molecule has 0 unspecified atom stereocenters. The van der Waals surface area contributed by atoms with Crippen LogP contribution in [0.25, 0.3) is 0 Å². The Morgan fingerprint density at radius 3 is 2.62 bits per heavy atom. The van der Waals surface area contributed by atoms with Crippen molar-refractivity contribution < 1.29 is 14.6 Å². The average molecular weight is 327 g/mol. The highest BCUT2D eigenvalue weighted by Gasteiger charge is 2.16. The Morgan fingerprint density at radius 2 is 2.04 bits per heavy atom. The number of carboxylic acid groups (broad SMARTS) is 1. The fourth-order valence-corrected chi connectivity index (χ4v) is 2.10. The summed E-state index contributed by atoms with van der Waals surface area (Å²) in [6, 6.07) is 11.4. The average Bonchev–Trinajstić information content (AvgIpc) is 2.58. The van der Waals surface area contributed by atoms with Crippen molar-refractivity contribution in [2.75, 3.05) is 18.1 Å². The third-order valence-corrected chi connectivity index (χ3v) is 3.27. The summed E-state index contributed by atoms with van der Waals surface area (Å²) in [6.45, 7) is 7.87. The van der Waals surface area contributed by atoms with E-state index in [0.717, 1.165) is 11.4 Å². The molecule has 0 saturated carbocycles. The first-order valence-corrected chi connectivity index (χ1v) is 7.68. The molecule has 0 aliphatic heterocycles. The van der Waals surface area contributed by atoms with Crippen molar-refractivity contribution in [3.63, 3.8) is 0 Å². The number of aliphatic carboxylic acids is 1. The van der Waals surface area contributed by atoms with Crippen LogP contribution in [0.3, 0.4) is 0 Å². The third kappa shape index (κ3) is 4.55. The smallest absolute Gasteiger partial charge is 0.341 e. The van der Waals surface area contributed by atoms with Gasteiger partial charge in [0.05, 0.1) is 5.69 Å². The lowest BCUT2D eigenvalue weighted by Crippen LogP contribution is -2.21. The first kappa shape index (κ1) is 17.5. The number of nitrogens with zero attached hydrogens (tertiary/aromatic N) is 3. The van der Waals surface area contributed by atoms with Gasteiger partial charge in [-0.2, -0.15) is 4.98 Å². The van der Waals surface area contributed by atoms with Crippen molar-refractivity contribution in [1.82, 2.24) is 9.97 Å². The van der Waals surface area contributed by atoms with Crippen LogP contribution in [0.5, 0.6) is 5.88 Å². The molecule has 0 aliphatic carbocycles. The topological polar surface area (TPSA) is 75.6 Å². The van der Waals surface area contributed by atoms with E-state index in [1.54, 1.807) is 12.1 Å². The Hall–Kier alpha value is -2.89. The molecule has 0 aliphatic rings. The molecule has 1 aromatic heterocycles. The standard InChI is InChI=1S/C18H21N3O3/c1-4-10-21(14-8-6-5-7-9-14)18-19-15(13(2)3)11-16(20-18)24-12-17(22)23/h4-9,11,13H,1,10,12H2,2-3H3,(H,22,23). The fourth-order valence-electron chi connectivity index (χ4n) is 2.10. The van der Waals surface area contributed by atoms with E-state index in [0.29, 0.717) is 12.5 Å². The molecule has 0 saturated heterocycles. The van der Waals surface area contributed by atoms with E-state index in [1.165, 1.54) is 0 Å². The summed E-state index contributed by atoms with van der Waals surface area (Å²) in [4.78, 5) is 21.6. The van der Waals surface area contributed by atoms with Crippen LogP contribution in [-0.2, 0) is 4.79 Å². The largest absolute Gasteiger partial charge is 0.479 e. The van der Waals surface area contributed by atoms with Crippen LogP contribution in [0.15, 0.2) is 49.1 Å². The molecule has 126 valence electrons. The van der Waals surface area contributed by atoms with Crippen LogP contribution in [-0.4, -0.2) is 34.2 Å². The lowest BCUT2D eigenvalue weighted by Gasteiger charge is -2.22. The van der Waals surface area contributed by atoms with Gasteiger partial charge in [0, 0.05) is 18.3 Å².